The van der Waals surface area contributed by atoms with Crippen LogP contribution in [0, 0.1) is 0 Å². The van der Waals surface area contributed by atoms with Gasteiger partial charge in [-0.15, -0.1) is 0 Å². The van der Waals surface area contributed by atoms with E-state index in [1.165, 1.54) is 31.4 Å². The number of fused-ring (bicyclic) bond motifs is 1. The Morgan fingerprint density at radius 3 is 2.44 bits per heavy atom. The number of rotatable bonds is 10. The van der Waals surface area contributed by atoms with Crippen LogP contribution in [0.15, 0.2) is 53.4 Å². The maximum atomic E-state index is 13.3. The monoisotopic (exact) mass is 589 g/mol. The SMILES string of the molecule is COc1cc(S(=O)(=O)Cc2ccc3c(c2)CCN(C)C3)ccc1CC(=O)C[C@H](C)c1ccc(OC)c(Cl)c1Cl. The first-order chi connectivity index (χ1) is 18.5. The van der Waals surface area contributed by atoms with Crippen molar-refractivity contribution in [3.05, 3.63) is 86.4 Å². The predicted octanol–water partition coefficient (Wildman–Crippen LogP) is 6.28. The summed E-state index contributed by atoms with van der Waals surface area (Å²) in [6, 6.07) is 14.2. The van der Waals surface area contributed by atoms with Crippen molar-refractivity contribution in [1.29, 1.82) is 0 Å². The zero-order chi connectivity index (χ0) is 28.3. The van der Waals surface area contributed by atoms with Crippen LogP contribution in [0.5, 0.6) is 11.5 Å². The molecule has 4 rings (SSSR count). The molecule has 9 heteroatoms. The minimum atomic E-state index is -3.61. The van der Waals surface area contributed by atoms with Crippen LogP contribution in [0.4, 0.5) is 0 Å². The number of ether oxygens (including phenoxy) is 2. The van der Waals surface area contributed by atoms with E-state index in [0.29, 0.717) is 27.1 Å². The molecule has 0 fully saturated rings. The molecular weight excluding hydrogens is 557 g/mol. The third kappa shape index (κ3) is 6.77. The zero-order valence-corrected chi connectivity index (χ0v) is 24.9. The summed E-state index contributed by atoms with van der Waals surface area (Å²) in [5.41, 5.74) is 4.61. The maximum Gasteiger partial charge on any atom is 0.182 e. The number of nitrogens with zero attached hydrogens (tertiary/aromatic N) is 1. The van der Waals surface area contributed by atoms with Crippen LogP contribution in [0.25, 0.3) is 0 Å². The predicted molar refractivity (Wildman–Crippen MR) is 155 cm³/mol. The van der Waals surface area contributed by atoms with Crippen LogP contribution < -0.4 is 9.47 Å². The quantitative estimate of drug-likeness (QED) is 0.277. The molecule has 3 aromatic rings. The number of Topliss-reactive ketones (excluding diaryl/α,β-unsaturated/α-hetero) is 1. The molecule has 0 unspecified atom stereocenters. The highest BCUT2D eigenvalue weighted by Gasteiger charge is 2.22. The van der Waals surface area contributed by atoms with E-state index in [-0.39, 0.29) is 35.2 Å². The number of carbonyl (C=O) groups is 1. The Morgan fingerprint density at radius 2 is 1.72 bits per heavy atom. The van der Waals surface area contributed by atoms with E-state index in [2.05, 4.69) is 11.9 Å². The lowest BCUT2D eigenvalue weighted by atomic mass is 9.93. The molecule has 0 amide bonds. The van der Waals surface area contributed by atoms with Crippen molar-refractivity contribution in [2.75, 3.05) is 27.8 Å². The van der Waals surface area contributed by atoms with E-state index < -0.39 is 9.84 Å². The molecule has 0 saturated carbocycles. The molecule has 39 heavy (non-hydrogen) atoms. The van der Waals surface area contributed by atoms with Gasteiger partial charge in [-0.25, -0.2) is 8.42 Å². The molecule has 0 radical (unpaired) electrons. The first-order valence-corrected chi connectivity index (χ1v) is 15.2. The Bertz CT molecular complexity index is 1490. The molecule has 208 valence electrons. The number of benzene rings is 3. The average Bonchev–Trinajstić information content (AvgIpc) is 2.90. The Labute approximate surface area is 240 Å². The van der Waals surface area contributed by atoms with Gasteiger partial charge in [0.25, 0.3) is 0 Å². The molecular formula is C30H33Cl2NO5S. The number of carbonyl (C=O) groups excluding carboxylic acids is 1. The molecule has 0 saturated heterocycles. The fourth-order valence-electron chi connectivity index (χ4n) is 5.03. The van der Waals surface area contributed by atoms with Crippen molar-refractivity contribution in [1.82, 2.24) is 4.90 Å². The summed E-state index contributed by atoms with van der Waals surface area (Å²) in [6.07, 6.45) is 1.25. The van der Waals surface area contributed by atoms with Gasteiger partial charge in [0, 0.05) is 31.5 Å². The highest BCUT2D eigenvalue weighted by Crippen LogP contribution is 2.38. The van der Waals surface area contributed by atoms with Gasteiger partial charge in [-0.1, -0.05) is 60.5 Å². The molecule has 0 spiro atoms. The Morgan fingerprint density at radius 1 is 0.974 bits per heavy atom. The van der Waals surface area contributed by atoms with Crippen LogP contribution in [0.2, 0.25) is 10.0 Å². The summed E-state index contributed by atoms with van der Waals surface area (Å²) in [7, 11) is 1.46. The van der Waals surface area contributed by atoms with Crippen LogP contribution in [0.1, 0.15) is 47.1 Å². The zero-order valence-electron chi connectivity index (χ0n) is 22.6. The third-order valence-corrected chi connectivity index (χ3v) is 9.76. The number of sulfone groups is 1. The second-order valence-corrected chi connectivity index (χ2v) is 12.9. The molecule has 3 aromatic carbocycles. The van der Waals surface area contributed by atoms with Crippen LogP contribution in [-0.4, -0.2) is 46.9 Å². The number of hydrogen-bond acceptors (Lipinski definition) is 6. The lowest BCUT2D eigenvalue weighted by Crippen LogP contribution is -2.26. The minimum Gasteiger partial charge on any atom is -0.496 e. The molecule has 0 bridgehead atoms. The summed E-state index contributed by atoms with van der Waals surface area (Å²) < 4.78 is 37.2. The third-order valence-electron chi connectivity index (χ3n) is 7.20. The van der Waals surface area contributed by atoms with Gasteiger partial charge in [0.05, 0.1) is 29.9 Å². The topological polar surface area (TPSA) is 72.9 Å². The second kappa shape index (κ2) is 12.3. The molecule has 0 N–H and O–H groups in total. The fourth-order valence-corrected chi connectivity index (χ4v) is 6.96. The summed E-state index contributed by atoms with van der Waals surface area (Å²) in [5, 5.41) is 0.687. The second-order valence-electron chi connectivity index (χ2n) is 10.1. The number of methoxy groups -OCH3 is 2. The van der Waals surface area contributed by atoms with E-state index in [1.807, 2.05) is 31.2 Å². The van der Waals surface area contributed by atoms with Gasteiger partial charge in [0.15, 0.2) is 9.84 Å². The normalized spacial score (nSPS) is 14.5. The van der Waals surface area contributed by atoms with Crippen molar-refractivity contribution in [2.45, 2.75) is 49.3 Å². The lowest BCUT2D eigenvalue weighted by Gasteiger charge is -2.25. The van der Waals surface area contributed by atoms with Gasteiger partial charge in [0.1, 0.15) is 22.3 Å². The van der Waals surface area contributed by atoms with Crippen molar-refractivity contribution in [3.8, 4) is 11.5 Å². The standard InChI is InChI=1S/C30H33Cl2NO5S/c1-19(26-9-10-27(37-3)30(32)29(26)31)13-24(34)15-22-7-8-25(16-28(22)38-4)39(35,36)18-20-5-6-23-17-33(2)12-11-21(23)14-20/h5-10,14,16,19H,11-13,15,17-18H2,1-4H3/t19-/m0/s1. The highest BCUT2D eigenvalue weighted by atomic mass is 35.5. The maximum absolute atomic E-state index is 13.3. The molecule has 6 nitrogen and oxygen atoms in total. The first kappa shape index (κ1) is 29.4. The van der Waals surface area contributed by atoms with Crippen molar-refractivity contribution >= 4 is 38.8 Å². The van der Waals surface area contributed by atoms with Gasteiger partial charge in [-0.05, 0) is 59.8 Å². The summed E-state index contributed by atoms with van der Waals surface area (Å²) in [5.74, 6) is 0.551. The van der Waals surface area contributed by atoms with Gasteiger partial charge in [-0.3, -0.25) is 4.79 Å². The Balaban J connectivity index is 1.46. The van der Waals surface area contributed by atoms with E-state index in [4.69, 9.17) is 32.7 Å². The summed E-state index contributed by atoms with van der Waals surface area (Å²) >= 11 is 12.7. The average molecular weight is 591 g/mol. The van der Waals surface area contributed by atoms with Gasteiger partial charge in [-0.2, -0.15) is 0 Å². The van der Waals surface area contributed by atoms with Crippen molar-refractivity contribution < 1.29 is 22.7 Å². The van der Waals surface area contributed by atoms with Crippen LogP contribution in [-0.2, 0) is 39.8 Å². The fraction of sp³-hybridized carbons (Fsp3) is 0.367. The Hall–Kier alpha value is -2.58. The number of likely N-dealkylation sites (N-methyl/N-ethyl adjacent to an activating group) is 1. The van der Waals surface area contributed by atoms with Gasteiger partial charge < -0.3 is 14.4 Å². The van der Waals surface area contributed by atoms with E-state index in [0.717, 1.165) is 30.6 Å². The lowest BCUT2D eigenvalue weighted by molar-refractivity contribution is -0.118. The summed E-state index contributed by atoms with van der Waals surface area (Å²) in [6.45, 7) is 3.74. The van der Waals surface area contributed by atoms with Crippen molar-refractivity contribution in [3.63, 3.8) is 0 Å². The molecule has 0 aliphatic carbocycles. The number of halogens is 2. The van der Waals surface area contributed by atoms with E-state index in [9.17, 15) is 13.2 Å². The molecule has 1 atom stereocenters. The highest BCUT2D eigenvalue weighted by molar-refractivity contribution is 7.90. The number of ketones is 1. The van der Waals surface area contributed by atoms with Crippen LogP contribution in [0.3, 0.4) is 0 Å². The minimum absolute atomic E-state index is 0.0286. The molecule has 0 aromatic heterocycles. The smallest absolute Gasteiger partial charge is 0.182 e. The van der Waals surface area contributed by atoms with Gasteiger partial charge in [0.2, 0.25) is 0 Å². The summed E-state index contributed by atoms with van der Waals surface area (Å²) in [4.78, 5) is 15.4. The first-order valence-electron chi connectivity index (χ1n) is 12.7. The molecule has 1 aliphatic rings. The van der Waals surface area contributed by atoms with Crippen molar-refractivity contribution in [2.24, 2.45) is 0 Å². The largest absolute Gasteiger partial charge is 0.496 e. The number of hydrogen-bond donors (Lipinski definition) is 0. The van der Waals surface area contributed by atoms with Gasteiger partial charge >= 0.3 is 0 Å². The van der Waals surface area contributed by atoms with Crippen LogP contribution >= 0.6 is 23.2 Å². The van der Waals surface area contributed by atoms with E-state index in [1.54, 1.807) is 18.2 Å². The Kier molecular flexibility index (Phi) is 9.27. The van der Waals surface area contributed by atoms with E-state index >= 15 is 0 Å². The molecule has 1 aliphatic heterocycles. The molecule has 1 heterocycles.